The predicted octanol–water partition coefficient (Wildman–Crippen LogP) is 2.09. The molecule has 2 aromatic heterocycles. The number of halogens is 1. The van der Waals surface area contributed by atoms with Gasteiger partial charge in [0.25, 0.3) is 5.91 Å². The summed E-state index contributed by atoms with van der Waals surface area (Å²) in [5, 5.41) is 4.98. The molecule has 3 fully saturated rings. The minimum Gasteiger partial charge on any atom is -0.369 e. The average Bonchev–Trinajstić information content (AvgIpc) is 3.40. The lowest BCUT2D eigenvalue weighted by atomic mass is 9.73. The van der Waals surface area contributed by atoms with Gasteiger partial charge in [-0.3, -0.25) is 4.79 Å². The first-order valence-electron chi connectivity index (χ1n) is 8.87. The molecule has 8 heteroatoms. The fourth-order valence-corrected chi connectivity index (χ4v) is 5.43. The largest absolute Gasteiger partial charge is 0.369 e. The third-order valence-corrected chi connectivity index (χ3v) is 6.79. The molecule has 4 atom stereocenters. The normalized spacial score (nSPS) is 32.0. The van der Waals surface area contributed by atoms with E-state index in [1.807, 2.05) is 17.5 Å². The third kappa shape index (κ3) is 2.51. The monoisotopic (exact) mass is 374 g/mol. The van der Waals surface area contributed by atoms with Crippen LogP contribution in [0.2, 0.25) is 0 Å². The zero-order chi connectivity index (χ0) is 17.7. The van der Waals surface area contributed by atoms with Gasteiger partial charge < -0.3 is 15.0 Å². The summed E-state index contributed by atoms with van der Waals surface area (Å²) in [5.41, 5.74) is -0.180. The summed E-state index contributed by atoms with van der Waals surface area (Å²) in [4.78, 5) is 23.3. The van der Waals surface area contributed by atoms with Gasteiger partial charge in [-0.1, -0.05) is 6.07 Å². The lowest BCUT2D eigenvalue weighted by Crippen LogP contribution is -2.41. The van der Waals surface area contributed by atoms with Crippen molar-refractivity contribution in [2.24, 2.45) is 11.8 Å². The van der Waals surface area contributed by atoms with Crippen molar-refractivity contribution in [1.29, 1.82) is 0 Å². The van der Waals surface area contributed by atoms with Crippen LogP contribution in [-0.2, 0) is 4.74 Å². The molecular formula is C18H19FN4O2S. The van der Waals surface area contributed by atoms with Gasteiger partial charge in [0.2, 0.25) is 5.95 Å². The second-order valence-electron chi connectivity index (χ2n) is 7.30. The Kier molecular flexibility index (Phi) is 3.72. The minimum atomic E-state index is -0.433. The van der Waals surface area contributed by atoms with Crippen molar-refractivity contribution in [1.82, 2.24) is 15.3 Å². The maximum Gasteiger partial charge on any atom is 0.261 e. The molecule has 0 radical (unpaired) electrons. The molecule has 3 aliphatic heterocycles. The second kappa shape index (κ2) is 5.99. The van der Waals surface area contributed by atoms with E-state index < -0.39 is 5.82 Å². The van der Waals surface area contributed by atoms with E-state index in [9.17, 15) is 9.18 Å². The second-order valence-corrected chi connectivity index (χ2v) is 8.25. The van der Waals surface area contributed by atoms with Crippen LogP contribution in [0.5, 0.6) is 0 Å². The van der Waals surface area contributed by atoms with Crippen molar-refractivity contribution >= 4 is 23.2 Å². The standard InChI is InChI=1S/C18H19FN4O2S/c19-11-6-21-17(22-7-11)23-9-13-12(14-3-4-18(13,10-23)25-14)8-20-16(24)15-2-1-5-26-15/h1-2,5-7,12-14H,3-4,8-10H2,(H,20,24)/t12-,13+,14+,18+/m0/s1. The van der Waals surface area contributed by atoms with Crippen LogP contribution in [0, 0.1) is 17.7 Å². The summed E-state index contributed by atoms with van der Waals surface area (Å²) in [7, 11) is 0. The van der Waals surface area contributed by atoms with E-state index >= 15 is 0 Å². The van der Waals surface area contributed by atoms with E-state index in [4.69, 9.17) is 4.74 Å². The molecule has 1 N–H and O–H groups in total. The Morgan fingerprint density at radius 3 is 3.08 bits per heavy atom. The Morgan fingerprint density at radius 2 is 2.31 bits per heavy atom. The summed E-state index contributed by atoms with van der Waals surface area (Å²) in [6.45, 7) is 2.13. The van der Waals surface area contributed by atoms with E-state index in [-0.39, 0.29) is 23.5 Å². The molecule has 1 spiro atoms. The summed E-state index contributed by atoms with van der Waals surface area (Å²) >= 11 is 1.45. The fourth-order valence-electron chi connectivity index (χ4n) is 4.79. The molecule has 6 nitrogen and oxygen atoms in total. The van der Waals surface area contributed by atoms with Gasteiger partial charge in [-0.05, 0) is 24.3 Å². The molecule has 1 amide bonds. The molecular weight excluding hydrogens is 355 g/mol. The Hall–Kier alpha value is -2.06. The number of fused-ring (bicyclic) bond motifs is 1. The van der Waals surface area contributed by atoms with Gasteiger partial charge in [0.15, 0.2) is 5.82 Å². The fraction of sp³-hybridized carbons (Fsp3) is 0.500. The Morgan fingerprint density at radius 1 is 1.46 bits per heavy atom. The smallest absolute Gasteiger partial charge is 0.261 e. The summed E-state index contributed by atoms with van der Waals surface area (Å²) in [6, 6.07) is 3.72. The number of amides is 1. The third-order valence-electron chi connectivity index (χ3n) is 5.92. The van der Waals surface area contributed by atoms with Gasteiger partial charge in [-0.2, -0.15) is 0 Å². The van der Waals surface area contributed by atoms with Crippen LogP contribution in [0.3, 0.4) is 0 Å². The molecule has 3 aliphatic rings. The van der Waals surface area contributed by atoms with Crippen LogP contribution >= 0.6 is 11.3 Å². The number of anilines is 1. The zero-order valence-corrected chi connectivity index (χ0v) is 14.9. The number of hydrogen-bond donors (Lipinski definition) is 1. The summed E-state index contributed by atoms with van der Waals surface area (Å²) < 4.78 is 19.5. The van der Waals surface area contributed by atoms with E-state index in [0.29, 0.717) is 18.4 Å². The predicted molar refractivity (Wildman–Crippen MR) is 94.7 cm³/mol. The Balaban J connectivity index is 1.30. The van der Waals surface area contributed by atoms with E-state index in [0.717, 1.165) is 30.8 Å². The molecule has 0 aromatic carbocycles. The van der Waals surface area contributed by atoms with Crippen LogP contribution in [0.1, 0.15) is 22.5 Å². The lowest BCUT2D eigenvalue weighted by molar-refractivity contribution is 0.0141. The summed E-state index contributed by atoms with van der Waals surface area (Å²) in [5.74, 6) is 0.714. The molecule has 5 rings (SSSR count). The first-order chi connectivity index (χ1) is 12.6. The van der Waals surface area contributed by atoms with Gasteiger partial charge in [0.1, 0.15) is 0 Å². The van der Waals surface area contributed by atoms with Crippen molar-refractivity contribution < 1.29 is 13.9 Å². The molecule has 26 heavy (non-hydrogen) atoms. The molecule has 0 saturated carbocycles. The van der Waals surface area contributed by atoms with Crippen molar-refractivity contribution in [3.05, 3.63) is 40.6 Å². The maximum atomic E-state index is 13.1. The number of nitrogens with zero attached hydrogens (tertiary/aromatic N) is 3. The number of hydrogen-bond acceptors (Lipinski definition) is 6. The molecule has 0 aliphatic carbocycles. The highest BCUT2D eigenvalue weighted by molar-refractivity contribution is 7.12. The quantitative estimate of drug-likeness (QED) is 0.888. The maximum absolute atomic E-state index is 13.1. The molecule has 2 aromatic rings. The van der Waals surface area contributed by atoms with Crippen molar-refractivity contribution in [2.45, 2.75) is 24.5 Å². The number of aromatic nitrogens is 2. The topological polar surface area (TPSA) is 67.4 Å². The van der Waals surface area contributed by atoms with Crippen LogP contribution in [0.15, 0.2) is 29.9 Å². The number of rotatable bonds is 4. The number of nitrogens with one attached hydrogen (secondary N) is 1. The summed E-state index contributed by atoms with van der Waals surface area (Å²) in [6.07, 6.45) is 4.65. The molecule has 136 valence electrons. The molecule has 2 bridgehead atoms. The van der Waals surface area contributed by atoms with Crippen molar-refractivity contribution in [3.8, 4) is 0 Å². The number of thiophene rings is 1. The number of ether oxygens (including phenoxy) is 1. The SMILES string of the molecule is O=C(NC[C@H]1[C@H]2CN(c3ncc(F)cn3)C[C@]23CC[C@H]1O3)c1cccs1. The minimum absolute atomic E-state index is 0.0199. The highest BCUT2D eigenvalue weighted by atomic mass is 32.1. The van der Waals surface area contributed by atoms with Gasteiger partial charge >= 0.3 is 0 Å². The van der Waals surface area contributed by atoms with Gasteiger partial charge in [-0.25, -0.2) is 14.4 Å². The Labute approximate surface area is 154 Å². The average molecular weight is 374 g/mol. The van der Waals surface area contributed by atoms with Gasteiger partial charge in [-0.15, -0.1) is 11.3 Å². The number of carbonyl (C=O) groups is 1. The van der Waals surface area contributed by atoms with Crippen LogP contribution in [-0.4, -0.2) is 47.2 Å². The molecule has 5 heterocycles. The van der Waals surface area contributed by atoms with Crippen molar-refractivity contribution in [2.75, 3.05) is 24.5 Å². The first kappa shape index (κ1) is 16.1. The van der Waals surface area contributed by atoms with E-state index in [1.165, 1.54) is 23.7 Å². The molecule has 0 unspecified atom stereocenters. The van der Waals surface area contributed by atoms with Crippen LogP contribution < -0.4 is 10.2 Å². The zero-order valence-electron chi connectivity index (χ0n) is 14.1. The van der Waals surface area contributed by atoms with Gasteiger partial charge in [0.05, 0.1) is 35.5 Å². The Bertz CT molecular complexity index is 815. The van der Waals surface area contributed by atoms with E-state index in [1.54, 1.807) is 0 Å². The number of carbonyl (C=O) groups excluding carboxylic acids is 1. The van der Waals surface area contributed by atoms with Crippen LogP contribution in [0.25, 0.3) is 0 Å². The van der Waals surface area contributed by atoms with Crippen molar-refractivity contribution in [3.63, 3.8) is 0 Å². The highest BCUT2D eigenvalue weighted by Crippen LogP contribution is 2.54. The first-order valence-corrected chi connectivity index (χ1v) is 9.75. The van der Waals surface area contributed by atoms with Crippen LogP contribution in [0.4, 0.5) is 10.3 Å². The van der Waals surface area contributed by atoms with E-state index in [2.05, 4.69) is 20.2 Å². The lowest BCUT2D eigenvalue weighted by Gasteiger charge is -2.29. The highest BCUT2D eigenvalue weighted by Gasteiger charge is 2.63. The van der Waals surface area contributed by atoms with Gasteiger partial charge in [0, 0.05) is 24.9 Å². The molecule has 3 saturated heterocycles.